The van der Waals surface area contributed by atoms with Gasteiger partial charge in [0.2, 0.25) is 0 Å². The Labute approximate surface area is 169 Å². The fraction of sp³-hybridized carbons (Fsp3) is 0.304. The Bertz CT molecular complexity index is 1130. The molecule has 1 fully saturated rings. The maximum Gasteiger partial charge on any atom is 0.251 e. The molecule has 3 heterocycles. The minimum absolute atomic E-state index is 0.0655. The smallest absolute Gasteiger partial charge is 0.251 e. The second-order valence-electron chi connectivity index (χ2n) is 7.86. The van der Waals surface area contributed by atoms with Gasteiger partial charge in [-0.05, 0) is 42.5 Å². The third kappa shape index (κ3) is 3.29. The number of aromatic nitrogens is 3. The summed E-state index contributed by atoms with van der Waals surface area (Å²) < 4.78 is 2.02. The molecule has 1 saturated carbocycles. The highest BCUT2D eigenvalue weighted by atomic mass is 16.1. The van der Waals surface area contributed by atoms with Crippen molar-refractivity contribution in [3.05, 3.63) is 59.5 Å². The van der Waals surface area contributed by atoms with E-state index >= 15 is 0 Å². The standard InChI is InChI=1S/C23H21N5O/c24-10-19-7-8-20(18-12-26-28(14-18)13-15-3-1-2-4-15)22(27-19)16-5-6-17-11-25-23(29)21(17)9-16/h5-9,12,14-15H,1-4,11,13H2,(H,25,29). The van der Waals surface area contributed by atoms with Crippen molar-refractivity contribution >= 4 is 5.91 Å². The molecule has 0 unspecified atom stereocenters. The van der Waals surface area contributed by atoms with E-state index in [2.05, 4.69) is 27.7 Å². The van der Waals surface area contributed by atoms with Gasteiger partial charge < -0.3 is 5.32 Å². The van der Waals surface area contributed by atoms with Crippen LogP contribution < -0.4 is 5.32 Å². The SMILES string of the molecule is N#Cc1ccc(-c2cnn(CC3CCCC3)c2)c(-c2ccc3c(c2)C(=O)NC3)n1. The lowest BCUT2D eigenvalue weighted by molar-refractivity contribution is 0.0966. The number of benzene rings is 1. The Kier molecular flexibility index (Phi) is 4.36. The second kappa shape index (κ2) is 7.17. The molecule has 6 heteroatoms. The number of pyridine rings is 1. The van der Waals surface area contributed by atoms with Gasteiger partial charge in [-0.25, -0.2) is 4.98 Å². The number of nitrogens with one attached hydrogen (secondary N) is 1. The zero-order valence-electron chi connectivity index (χ0n) is 16.1. The van der Waals surface area contributed by atoms with E-state index < -0.39 is 0 Å². The van der Waals surface area contributed by atoms with Gasteiger partial charge in [0.15, 0.2) is 0 Å². The van der Waals surface area contributed by atoms with Crippen LogP contribution in [0.3, 0.4) is 0 Å². The molecule has 0 saturated heterocycles. The van der Waals surface area contributed by atoms with Gasteiger partial charge in [0, 0.05) is 41.5 Å². The zero-order chi connectivity index (χ0) is 19.8. The first kappa shape index (κ1) is 17.6. The normalized spacial score (nSPS) is 15.9. The highest BCUT2D eigenvalue weighted by Crippen LogP contribution is 2.33. The first-order chi connectivity index (χ1) is 14.2. The molecule has 144 valence electrons. The fourth-order valence-electron chi connectivity index (χ4n) is 4.39. The molecule has 5 rings (SSSR count). The molecule has 1 N–H and O–H groups in total. The molecule has 6 nitrogen and oxygen atoms in total. The van der Waals surface area contributed by atoms with Crippen LogP contribution in [0.4, 0.5) is 0 Å². The van der Waals surface area contributed by atoms with Crippen LogP contribution in [0.5, 0.6) is 0 Å². The van der Waals surface area contributed by atoms with Crippen molar-refractivity contribution in [2.24, 2.45) is 5.92 Å². The number of rotatable bonds is 4. The molecule has 2 aliphatic rings. The molecule has 0 radical (unpaired) electrons. The Hall–Kier alpha value is -3.46. The summed E-state index contributed by atoms with van der Waals surface area (Å²) in [5.74, 6) is 0.640. The van der Waals surface area contributed by atoms with Gasteiger partial charge >= 0.3 is 0 Å². The third-order valence-electron chi connectivity index (χ3n) is 5.94. The molecule has 0 atom stereocenters. The van der Waals surface area contributed by atoms with Crippen LogP contribution in [0.2, 0.25) is 0 Å². The van der Waals surface area contributed by atoms with Crippen molar-refractivity contribution in [3.63, 3.8) is 0 Å². The lowest BCUT2D eigenvalue weighted by Crippen LogP contribution is -2.12. The summed E-state index contributed by atoms with van der Waals surface area (Å²) in [5.41, 5.74) is 5.44. The molecule has 29 heavy (non-hydrogen) atoms. The second-order valence-corrected chi connectivity index (χ2v) is 7.86. The van der Waals surface area contributed by atoms with E-state index in [1.165, 1.54) is 25.7 Å². The van der Waals surface area contributed by atoms with Crippen LogP contribution in [0.15, 0.2) is 42.7 Å². The van der Waals surface area contributed by atoms with Crippen LogP contribution in [0.1, 0.15) is 47.3 Å². The third-order valence-corrected chi connectivity index (χ3v) is 5.94. The topological polar surface area (TPSA) is 83.6 Å². The molecule has 0 spiro atoms. The van der Waals surface area contributed by atoms with Crippen molar-refractivity contribution in [2.75, 3.05) is 0 Å². The Morgan fingerprint density at radius 2 is 2.00 bits per heavy atom. The van der Waals surface area contributed by atoms with Gasteiger partial charge in [0.1, 0.15) is 11.8 Å². The molecule has 1 aliphatic carbocycles. The highest BCUT2D eigenvalue weighted by Gasteiger charge is 2.21. The minimum atomic E-state index is -0.0655. The Balaban J connectivity index is 1.55. The number of fused-ring (bicyclic) bond motifs is 1. The van der Waals surface area contributed by atoms with Gasteiger partial charge in [0.05, 0.1) is 11.9 Å². The van der Waals surface area contributed by atoms with Gasteiger partial charge in [-0.1, -0.05) is 25.0 Å². The Morgan fingerprint density at radius 1 is 1.14 bits per heavy atom. The van der Waals surface area contributed by atoms with Crippen molar-refractivity contribution in [1.82, 2.24) is 20.1 Å². The van der Waals surface area contributed by atoms with E-state index in [-0.39, 0.29) is 5.91 Å². The van der Waals surface area contributed by atoms with Gasteiger partial charge in [0.25, 0.3) is 5.91 Å². The van der Waals surface area contributed by atoms with Crippen molar-refractivity contribution in [1.29, 1.82) is 5.26 Å². The minimum Gasteiger partial charge on any atom is -0.348 e. The fourth-order valence-corrected chi connectivity index (χ4v) is 4.39. The summed E-state index contributed by atoms with van der Waals surface area (Å²) in [6, 6.07) is 11.6. The number of nitriles is 1. The number of carbonyl (C=O) groups is 1. The first-order valence-electron chi connectivity index (χ1n) is 10.1. The molecule has 1 aliphatic heterocycles. The van der Waals surface area contributed by atoms with Crippen molar-refractivity contribution < 1.29 is 4.79 Å². The largest absolute Gasteiger partial charge is 0.348 e. The summed E-state index contributed by atoms with van der Waals surface area (Å²) in [6.45, 7) is 1.50. The van der Waals surface area contributed by atoms with E-state index in [9.17, 15) is 10.1 Å². The average Bonchev–Trinajstić information content (AvgIpc) is 3.50. The van der Waals surface area contributed by atoms with Crippen molar-refractivity contribution in [2.45, 2.75) is 38.8 Å². The molecule has 2 aromatic heterocycles. The van der Waals surface area contributed by atoms with Crippen LogP contribution in [-0.2, 0) is 13.1 Å². The summed E-state index contributed by atoms with van der Waals surface area (Å²) in [5, 5.41) is 16.7. The first-order valence-corrected chi connectivity index (χ1v) is 10.1. The van der Waals surface area contributed by atoms with Crippen LogP contribution >= 0.6 is 0 Å². The molecular weight excluding hydrogens is 362 g/mol. The van der Waals surface area contributed by atoms with E-state index in [1.54, 1.807) is 6.07 Å². The van der Waals surface area contributed by atoms with Crippen LogP contribution in [0.25, 0.3) is 22.4 Å². The number of nitrogens with zero attached hydrogens (tertiary/aromatic N) is 4. The van der Waals surface area contributed by atoms with E-state index in [0.717, 1.165) is 28.8 Å². The number of hydrogen-bond donors (Lipinski definition) is 1. The molecule has 1 aromatic carbocycles. The van der Waals surface area contributed by atoms with Crippen molar-refractivity contribution in [3.8, 4) is 28.5 Å². The van der Waals surface area contributed by atoms with Crippen LogP contribution in [-0.4, -0.2) is 20.7 Å². The van der Waals surface area contributed by atoms with Gasteiger partial charge in [-0.2, -0.15) is 10.4 Å². The van der Waals surface area contributed by atoms with Gasteiger partial charge in [-0.15, -0.1) is 0 Å². The zero-order valence-corrected chi connectivity index (χ0v) is 16.1. The molecular formula is C23H21N5O. The predicted octanol–water partition coefficient (Wildman–Crippen LogP) is 3.92. The predicted molar refractivity (Wildman–Crippen MR) is 109 cm³/mol. The summed E-state index contributed by atoms with van der Waals surface area (Å²) in [6.07, 6.45) is 9.10. The maximum atomic E-state index is 12.1. The summed E-state index contributed by atoms with van der Waals surface area (Å²) >= 11 is 0. The van der Waals surface area contributed by atoms with E-state index in [4.69, 9.17) is 0 Å². The summed E-state index contributed by atoms with van der Waals surface area (Å²) in [4.78, 5) is 16.7. The molecule has 1 amide bonds. The average molecular weight is 383 g/mol. The summed E-state index contributed by atoms with van der Waals surface area (Å²) in [7, 11) is 0. The van der Waals surface area contributed by atoms with Gasteiger partial charge in [-0.3, -0.25) is 9.48 Å². The lowest BCUT2D eigenvalue weighted by atomic mass is 9.98. The monoisotopic (exact) mass is 383 g/mol. The number of amides is 1. The van der Waals surface area contributed by atoms with E-state index in [1.807, 2.05) is 35.1 Å². The molecule has 3 aromatic rings. The van der Waals surface area contributed by atoms with E-state index in [0.29, 0.717) is 29.4 Å². The Morgan fingerprint density at radius 3 is 2.83 bits per heavy atom. The molecule has 0 bridgehead atoms. The quantitative estimate of drug-likeness (QED) is 0.740. The number of carbonyl (C=O) groups excluding carboxylic acids is 1. The highest BCUT2D eigenvalue weighted by molar-refractivity contribution is 5.99. The number of hydrogen-bond acceptors (Lipinski definition) is 4. The maximum absolute atomic E-state index is 12.1. The lowest BCUT2D eigenvalue weighted by Gasteiger charge is -2.10. The van der Waals surface area contributed by atoms with Crippen LogP contribution in [0, 0.1) is 17.2 Å².